The fourth-order valence-corrected chi connectivity index (χ4v) is 4.46. The number of nitrogens with one attached hydrogen (secondary N) is 1. The molecule has 7 nitrogen and oxygen atoms in total. The number of benzene rings is 2. The molecule has 2 amide bonds. The minimum atomic E-state index is -0.981. The van der Waals surface area contributed by atoms with Crippen molar-refractivity contribution in [1.82, 2.24) is 20.2 Å². The summed E-state index contributed by atoms with van der Waals surface area (Å²) in [5.41, 5.74) is 1.86. The molecule has 0 radical (unpaired) electrons. The molecular formula is C28H32N4O3. The van der Waals surface area contributed by atoms with Crippen molar-refractivity contribution in [3.63, 3.8) is 0 Å². The number of hydrogen-bond donors (Lipinski definition) is 1. The van der Waals surface area contributed by atoms with Gasteiger partial charge in [-0.1, -0.05) is 42.5 Å². The lowest BCUT2D eigenvalue weighted by Crippen LogP contribution is -2.57. The van der Waals surface area contributed by atoms with Crippen LogP contribution in [0.1, 0.15) is 49.4 Å². The standard InChI is InChI=1S/C28H32N4O3/c1-20-8-7-11-23(18-20)35-26-25(29-14-15-30-26)22-12-16-32(17-13-22)27(34)28(2,3)31-24(33)19-21-9-5-4-6-10-21/h4-11,14-15,18,22H,12-13,16-17,19H2,1-3H3,(H,31,33). The van der Waals surface area contributed by atoms with E-state index in [1.54, 1.807) is 26.2 Å². The van der Waals surface area contributed by atoms with Crippen LogP contribution in [0.15, 0.2) is 67.0 Å². The summed E-state index contributed by atoms with van der Waals surface area (Å²) in [7, 11) is 0. The molecule has 0 saturated carbocycles. The number of hydrogen-bond acceptors (Lipinski definition) is 5. The first-order valence-electron chi connectivity index (χ1n) is 12.0. The molecule has 7 heteroatoms. The molecule has 1 N–H and O–H groups in total. The molecule has 2 heterocycles. The molecular weight excluding hydrogens is 440 g/mol. The lowest BCUT2D eigenvalue weighted by molar-refractivity contribution is -0.141. The lowest BCUT2D eigenvalue weighted by Gasteiger charge is -2.37. The van der Waals surface area contributed by atoms with E-state index in [1.807, 2.05) is 66.4 Å². The van der Waals surface area contributed by atoms with Gasteiger partial charge in [0.25, 0.3) is 0 Å². The van der Waals surface area contributed by atoms with Crippen LogP contribution in [0, 0.1) is 6.92 Å². The maximum absolute atomic E-state index is 13.2. The summed E-state index contributed by atoms with van der Waals surface area (Å²) in [5.74, 6) is 1.14. The predicted molar refractivity (Wildman–Crippen MR) is 134 cm³/mol. The van der Waals surface area contributed by atoms with Crippen LogP contribution >= 0.6 is 0 Å². The highest BCUT2D eigenvalue weighted by Crippen LogP contribution is 2.34. The van der Waals surface area contributed by atoms with E-state index < -0.39 is 5.54 Å². The molecule has 0 spiro atoms. The molecule has 1 fully saturated rings. The van der Waals surface area contributed by atoms with Crippen LogP contribution in [-0.4, -0.2) is 45.3 Å². The van der Waals surface area contributed by atoms with Crippen LogP contribution in [0.2, 0.25) is 0 Å². The van der Waals surface area contributed by atoms with Crippen molar-refractivity contribution in [1.29, 1.82) is 0 Å². The van der Waals surface area contributed by atoms with Crippen LogP contribution in [0.25, 0.3) is 0 Å². The maximum Gasteiger partial charge on any atom is 0.247 e. The third-order valence-electron chi connectivity index (χ3n) is 6.26. The molecule has 1 saturated heterocycles. The summed E-state index contributed by atoms with van der Waals surface area (Å²) in [5, 5.41) is 2.91. The molecule has 3 aromatic rings. The summed E-state index contributed by atoms with van der Waals surface area (Å²) in [6.45, 7) is 6.72. The van der Waals surface area contributed by atoms with E-state index in [1.165, 1.54) is 0 Å². The number of rotatable bonds is 7. The third kappa shape index (κ3) is 6.23. The minimum Gasteiger partial charge on any atom is -0.437 e. The van der Waals surface area contributed by atoms with Gasteiger partial charge < -0.3 is 15.0 Å². The topological polar surface area (TPSA) is 84.4 Å². The van der Waals surface area contributed by atoms with Gasteiger partial charge in [-0.3, -0.25) is 14.6 Å². The molecule has 0 atom stereocenters. The number of amides is 2. The first-order valence-corrected chi connectivity index (χ1v) is 12.0. The van der Waals surface area contributed by atoms with Crippen molar-refractivity contribution in [2.24, 2.45) is 0 Å². The summed E-state index contributed by atoms with van der Waals surface area (Å²) >= 11 is 0. The van der Waals surface area contributed by atoms with Crippen molar-refractivity contribution < 1.29 is 14.3 Å². The number of piperidine rings is 1. The molecule has 1 aromatic heterocycles. The minimum absolute atomic E-state index is 0.0762. The number of carbonyl (C=O) groups is 2. The zero-order valence-corrected chi connectivity index (χ0v) is 20.5. The average molecular weight is 473 g/mol. The normalized spacial score (nSPS) is 14.4. The number of nitrogens with zero attached hydrogens (tertiary/aromatic N) is 3. The van der Waals surface area contributed by atoms with Gasteiger partial charge in [-0.05, 0) is 56.9 Å². The SMILES string of the molecule is Cc1cccc(Oc2nccnc2C2CCN(C(=O)C(C)(C)NC(=O)Cc3ccccc3)CC2)c1. The zero-order chi connectivity index (χ0) is 24.8. The Morgan fingerprint density at radius 3 is 2.46 bits per heavy atom. The molecule has 2 aromatic carbocycles. The van der Waals surface area contributed by atoms with Gasteiger partial charge in [0.05, 0.1) is 6.42 Å². The molecule has 35 heavy (non-hydrogen) atoms. The highest BCUT2D eigenvalue weighted by atomic mass is 16.5. The Kier molecular flexibility index (Phi) is 7.44. The van der Waals surface area contributed by atoms with Crippen molar-refractivity contribution in [2.45, 2.75) is 51.5 Å². The summed E-state index contributed by atoms with van der Waals surface area (Å²) < 4.78 is 6.06. The first kappa shape index (κ1) is 24.4. The summed E-state index contributed by atoms with van der Waals surface area (Å²) in [4.78, 5) is 36.6. The van der Waals surface area contributed by atoms with Crippen LogP contribution in [0.5, 0.6) is 11.6 Å². The van der Waals surface area contributed by atoms with Gasteiger partial charge in [0.2, 0.25) is 17.7 Å². The Bertz CT molecular complexity index is 1170. The Morgan fingerprint density at radius 1 is 1.03 bits per heavy atom. The molecule has 1 aliphatic heterocycles. The number of aromatic nitrogens is 2. The summed E-state index contributed by atoms with van der Waals surface area (Å²) in [6.07, 6.45) is 5.07. The van der Waals surface area contributed by atoms with E-state index in [2.05, 4.69) is 15.3 Å². The van der Waals surface area contributed by atoms with Gasteiger partial charge in [-0.25, -0.2) is 4.98 Å². The Labute approximate surface area is 206 Å². The number of carbonyl (C=O) groups excluding carboxylic acids is 2. The zero-order valence-electron chi connectivity index (χ0n) is 20.5. The highest BCUT2D eigenvalue weighted by molar-refractivity contribution is 5.91. The van der Waals surface area contributed by atoms with Crippen LogP contribution in [0.3, 0.4) is 0 Å². The largest absolute Gasteiger partial charge is 0.437 e. The molecule has 0 unspecified atom stereocenters. The molecule has 0 aliphatic carbocycles. The Morgan fingerprint density at radius 2 is 1.74 bits per heavy atom. The number of likely N-dealkylation sites (tertiary alicyclic amines) is 1. The van der Waals surface area contributed by atoms with Crippen molar-refractivity contribution >= 4 is 11.8 Å². The Hall–Kier alpha value is -3.74. The Balaban J connectivity index is 1.36. The van der Waals surface area contributed by atoms with E-state index in [-0.39, 0.29) is 24.2 Å². The van der Waals surface area contributed by atoms with Gasteiger partial charge >= 0.3 is 0 Å². The van der Waals surface area contributed by atoms with Crippen molar-refractivity contribution in [2.75, 3.05) is 13.1 Å². The second-order valence-corrected chi connectivity index (χ2v) is 9.57. The fourth-order valence-electron chi connectivity index (χ4n) is 4.46. The quantitative estimate of drug-likeness (QED) is 0.550. The van der Waals surface area contributed by atoms with Crippen LogP contribution in [-0.2, 0) is 16.0 Å². The summed E-state index contributed by atoms with van der Waals surface area (Å²) in [6, 6.07) is 17.4. The number of aryl methyl sites for hydroxylation is 1. The van der Waals surface area contributed by atoms with Crippen molar-refractivity contribution in [3.05, 3.63) is 83.8 Å². The third-order valence-corrected chi connectivity index (χ3v) is 6.26. The van der Waals surface area contributed by atoms with E-state index in [0.29, 0.717) is 19.0 Å². The van der Waals surface area contributed by atoms with Gasteiger partial charge in [-0.15, -0.1) is 0 Å². The fraction of sp³-hybridized carbons (Fsp3) is 0.357. The smallest absolute Gasteiger partial charge is 0.247 e. The van der Waals surface area contributed by atoms with E-state index in [4.69, 9.17) is 4.74 Å². The van der Waals surface area contributed by atoms with Gasteiger partial charge in [0.15, 0.2) is 0 Å². The number of ether oxygens (including phenoxy) is 1. The van der Waals surface area contributed by atoms with Crippen LogP contribution in [0.4, 0.5) is 0 Å². The average Bonchev–Trinajstić information content (AvgIpc) is 2.84. The van der Waals surface area contributed by atoms with E-state index >= 15 is 0 Å². The first-order chi connectivity index (χ1) is 16.8. The van der Waals surface area contributed by atoms with Gasteiger partial charge in [0.1, 0.15) is 17.0 Å². The molecule has 0 bridgehead atoms. The van der Waals surface area contributed by atoms with E-state index in [0.717, 1.165) is 35.4 Å². The highest BCUT2D eigenvalue weighted by Gasteiger charge is 2.36. The molecule has 4 rings (SSSR count). The maximum atomic E-state index is 13.2. The predicted octanol–water partition coefficient (Wildman–Crippen LogP) is 4.42. The van der Waals surface area contributed by atoms with Gasteiger partial charge in [-0.2, -0.15) is 0 Å². The second-order valence-electron chi connectivity index (χ2n) is 9.57. The monoisotopic (exact) mass is 472 g/mol. The van der Waals surface area contributed by atoms with Crippen molar-refractivity contribution in [3.8, 4) is 11.6 Å². The lowest BCUT2D eigenvalue weighted by atomic mass is 9.91. The van der Waals surface area contributed by atoms with E-state index in [9.17, 15) is 9.59 Å². The molecule has 1 aliphatic rings. The molecule has 182 valence electrons. The van der Waals surface area contributed by atoms with Gasteiger partial charge in [0, 0.05) is 31.4 Å². The second kappa shape index (κ2) is 10.7. The van der Waals surface area contributed by atoms with Crippen LogP contribution < -0.4 is 10.1 Å².